The van der Waals surface area contributed by atoms with Crippen LogP contribution in [0.2, 0.25) is 0 Å². The second-order valence-corrected chi connectivity index (χ2v) is 3.97. The Hall–Kier alpha value is -0.0800. The molecule has 0 radical (unpaired) electrons. The van der Waals surface area contributed by atoms with E-state index >= 15 is 0 Å². The van der Waals surface area contributed by atoms with E-state index < -0.39 is 0 Å². The van der Waals surface area contributed by atoms with Crippen LogP contribution in [0.3, 0.4) is 0 Å². The maximum Gasteiger partial charge on any atom is 0.0380 e. The van der Waals surface area contributed by atoms with Crippen LogP contribution in [0.5, 0.6) is 0 Å². The van der Waals surface area contributed by atoms with Gasteiger partial charge in [0.05, 0.1) is 0 Å². The number of hydrogen-bond donors (Lipinski definition) is 2. The van der Waals surface area contributed by atoms with Crippen LogP contribution in [-0.4, -0.2) is 5.25 Å². The van der Waals surface area contributed by atoms with E-state index in [1.54, 1.807) is 0 Å². The van der Waals surface area contributed by atoms with Gasteiger partial charge in [-0.05, 0) is 5.56 Å². The minimum Gasteiger partial charge on any atom is -0.175 e. The molecule has 0 aliphatic heterocycles. The fourth-order valence-electron chi connectivity index (χ4n) is 0.929. The Morgan fingerprint density at radius 2 is 1.64 bits per heavy atom. The third-order valence-corrected chi connectivity index (χ3v) is 2.88. The van der Waals surface area contributed by atoms with E-state index in [0.29, 0.717) is 5.25 Å². The molecule has 1 aromatic rings. The summed E-state index contributed by atoms with van der Waals surface area (Å²) in [6.07, 6.45) is 0. The highest BCUT2D eigenvalue weighted by Gasteiger charge is 2.09. The first-order valence-electron chi connectivity index (χ1n) is 3.63. The van der Waals surface area contributed by atoms with Crippen molar-refractivity contribution in [2.45, 2.75) is 17.4 Å². The number of thiol groups is 2. The van der Waals surface area contributed by atoms with E-state index in [9.17, 15) is 0 Å². The van der Waals surface area contributed by atoms with Gasteiger partial charge in [-0.2, -0.15) is 25.3 Å². The van der Waals surface area contributed by atoms with Gasteiger partial charge in [0.25, 0.3) is 0 Å². The molecule has 0 N–H and O–H groups in total. The van der Waals surface area contributed by atoms with E-state index in [2.05, 4.69) is 37.4 Å². The lowest BCUT2D eigenvalue weighted by atomic mass is 10.1. The molecule has 0 aliphatic carbocycles. The topological polar surface area (TPSA) is 0 Å². The van der Waals surface area contributed by atoms with Crippen molar-refractivity contribution in [2.75, 3.05) is 0 Å². The smallest absolute Gasteiger partial charge is 0.0380 e. The summed E-state index contributed by atoms with van der Waals surface area (Å²) in [5, 5.41) is 0.528. The van der Waals surface area contributed by atoms with Crippen molar-refractivity contribution in [1.29, 1.82) is 0 Å². The van der Waals surface area contributed by atoms with Gasteiger partial charge in [-0.1, -0.05) is 37.3 Å². The highest BCUT2D eigenvalue weighted by atomic mass is 32.1. The molecular formula is C9H12S2. The molecule has 0 heterocycles. The molecule has 0 amide bonds. The van der Waals surface area contributed by atoms with Gasteiger partial charge in [-0.15, -0.1) is 0 Å². The Balaban J connectivity index is 2.77. The van der Waals surface area contributed by atoms with Crippen LogP contribution < -0.4 is 0 Å². The second-order valence-electron chi connectivity index (χ2n) is 2.60. The molecule has 0 bridgehead atoms. The largest absolute Gasteiger partial charge is 0.175 e. The first-order valence-corrected chi connectivity index (χ1v) is 4.66. The number of benzene rings is 1. The molecule has 0 saturated heterocycles. The van der Waals surface area contributed by atoms with Crippen LogP contribution in [0.15, 0.2) is 30.3 Å². The van der Waals surface area contributed by atoms with Crippen LogP contribution >= 0.6 is 25.3 Å². The lowest BCUT2D eigenvalue weighted by molar-refractivity contribution is 0.931. The van der Waals surface area contributed by atoms with Crippen LogP contribution in [0, 0.1) is 0 Å². The molecule has 0 aliphatic rings. The molecule has 1 aromatic carbocycles. The quantitative estimate of drug-likeness (QED) is 0.649. The third-order valence-electron chi connectivity index (χ3n) is 1.60. The first-order chi connectivity index (χ1) is 5.22. The number of hydrogen-bond acceptors (Lipinski definition) is 2. The highest BCUT2D eigenvalue weighted by molar-refractivity contribution is 7.84. The first kappa shape index (κ1) is 9.01. The zero-order chi connectivity index (χ0) is 8.27. The molecule has 2 atom stereocenters. The van der Waals surface area contributed by atoms with E-state index in [1.807, 2.05) is 25.1 Å². The molecule has 0 saturated carbocycles. The Morgan fingerprint density at radius 1 is 1.09 bits per heavy atom. The lowest BCUT2D eigenvalue weighted by Crippen LogP contribution is -2.01. The molecule has 60 valence electrons. The Morgan fingerprint density at radius 3 is 2.09 bits per heavy atom. The third kappa shape index (κ3) is 2.46. The predicted octanol–water partition coefficient (Wildman–Crippen LogP) is 2.98. The van der Waals surface area contributed by atoms with Gasteiger partial charge in [0, 0.05) is 10.5 Å². The van der Waals surface area contributed by atoms with Crippen molar-refractivity contribution in [3.05, 3.63) is 35.9 Å². The monoisotopic (exact) mass is 184 g/mol. The summed E-state index contributed by atoms with van der Waals surface area (Å²) in [6, 6.07) is 10.2. The van der Waals surface area contributed by atoms with Crippen molar-refractivity contribution in [3.8, 4) is 0 Å². The van der Waals surface area contributed by atoms with E-state index in [4.69, 9.17) is 0 Å². The molecule has 0 fully saturated rings. The van der Waals surface area contributed by atoms with E-state index in [0.717, 1.165) is 0 Å². The summed E-state index contributed by atoms with van der Waals surface area (Å²) < 4.78 is 0. The lowest BCUT2D eigenvalue weighted by Gasteiger charge is -2.13. The van der Waals surface area contributed by atoms with Crippen molar-refractivity contribution in [1.82, 2.24) is 0 Å². The minimum absolute atomic E-state index is 0.236. The average molecular weight is 184 g/mol. The Kier molecular flexibility index (Phi) is 3.34. The molecular weight excluding hydrogens is 172 g/mol. The Labute approximate surface area is 78.8 Å². The summed E-state index contributed by atoms with van der Waals surface area (Å²) in [6.45, 7) is 2.05. The summed E-state index contributed by atoms with van der Waals surface area (Å²) in [5.74, 6) is 0. The van der Waals surface area contributed by atoms with Crippen molar-refractivity contribution >= 4 is 25.3 Å². The molecule has 11 heavy (non-hydrogen) atoms. The van der Waals surface area contributed by atoms with E-state index in [1.165, 1.54) is 5.56 Å². The van der Waals surface area contributed by atoms with Gasteiger partial charge < -0.3 is 0 Å². The summed E-state index contributed by atoms with van der Waals surface area (Å²) in [7, 11) is 0. The van der Waals surface area contributed by atoms with Crippen LogP contribution in [-0.2, 0) is 0 Å². The molecule has 0 spiro atoms. The zero-order valence-electron chi connectivity index (χ0n) is 6.44. The van der Waals surface area contributed by atoms with Gasteiger partial charge in [-0.3, -0.25) is 0 Å². The maximum absolute atomic E-state index is 4.44. The van der Waals surface area contributed by atoms with Crippen molar-refractivity contribution in [2.24, 2.45) is 0 Å². The van der Waals surface area contributed by atoms with Crippen LogP contribution in [0.25, 0.3) is 0 Å². The SMILES string of the molecule is CC(S)C(S)c1ccccc1. The van der Waals surface area contributed by atoms with Gasteiger partial charge in [-0.25, -0.2) is 0 Å². The fourth-order valence-corrected chi connectivity index (χ4v) is 1.27. The van der Waals surface area contributed by atoms with Crippen molar-refractivity contribution in [3.63, 3.8) is 0 Å². The minimum atomic E-state index is 0.236. The van der Waals surface area contributed by atoms with Gasteiger partial charge in [0.1, 0.15) is 0 Å². The van der Waals surface area contributed by atoms with Crippen LogP contribution in [0.4, 0.5) is 0 Å². The van der Waals surface area contributed by atoms with Crippen LogP contribution in [0.1, 0.15) is 17.7 Å². The highest BCUT2D eigenvalue weighted by Crippen LogP contribution is 2.26. The predicted molar refractivity (Wildman–Crippen MR) is 56.6 cm³/mol. The summed E-state index contributed by atoms with van der Waals surface area (Å²) >= 11 is 8.77. The normalized spacial score (nSPS) is 15.9. The molecule has 1 rings (SSSR count). The standard InChI is InChI=1S/C9H12S2/c1-7(10)9(11)8-5-3-2-4-6-8/h2-7,9-11H,1H3. The maximum atomic E-state index is 4.44. The van der Waals surface area contributed by atoms with Gasteiger partial charge in [0.15, 0.2) is 0 Å². The van der Waals surface area contributed by atoms with Crippen molar-refractivity contribution < 1.29 is 0 Å². The fraction of sp³-hybridized carbons (Fsp3) is 0.333. The second kappa shape index (κ2) is 4.07. The summed E-state index contributed by atoms with van der Waals surface area (Å²) in [5.41, 5.74) is 1.23. The zero-order valence-corrected chi connectivity index (χ0v) is 8.22. The van der Waals surface area contributed by atoms with Gasteiger partial charge in [0.2, 0.25) is 0 Å². The average Bonchev–Trinajstić information content (AvgIpc) is 2.05. The summed E-state index contributed by atoms with van der Waals surface area (Å²) in [4.78, 5) is 0. The van der Waals surface area contributed by atoms with Gasteiger partial charge >= 0.3 is 0 Å². The molecule has 2 unspecified atom stereocenters. The Bertz CT molecular complexity index is 206. The molecule has 0 aromatic heterocycles. The molecule has 2 heteroatoms. The number of rotatable bonds is 2. The van der Waals surface area contributed by atoms with E-state index in [-0.39, 0.29) is 5.25 Å². The molecule has 0 nitrogen and oxygen atoms in total.